The molecule has 0 spiro atoms. The summed E-state index contributed by atoms with van der Waals surface area (Å²) >= 11 is 14.4. The molecule has 0 amide bonds. The highest BCUT2D eigenvalue weighted by Crippen LogP contribution is 2.60. The van der Waals surface area contributed by atoms with Gasteiger partial charge in [0.15, 0.2) is 0 Å². The molecule has 2 atom stereocenters. The van der Waals surface area contributed by atoms with E-state index in [4.69, 9.17) is 23.2 Å². The van der Waals surface area contributed by atoms with Gasteiger partial charge in [0.1, 0.15) is 0 Å². The Kier molecular flexibility index (Phi) is 2.78. The zero-order valence-electron chi connectivity index (χ0n) is 12.3. The van der Waals surface area contributed by atoms with Gasteiger partial charge in [0, 0.05) is 0 Å². The van der Waals surface area contributed by atoms with Crippen molar-refractivity contribution >= 4 is 23.2 Å². The van der Waals surface area contributed by atoms with Gasteiger partial charge in [-0.1, -0.05) is 47.5 Å². The topological polar surface area (TPSA) is 0 Å². The van der Waals surface area contributed by atoms with Crippen molar-refractivity contribution in [1.29, 1.82) is 0 Å². The zero-order valence-corrected chi connectivity index (χ0v) is 13.9. The van der Waals surface area contributed by atoms with Crippen LogP contribution in [0.5, 0.6) is 0 Å². The Bertz CT molecular complexity index is 686. The summed E-state index contributed by atoms with van der Waals surface area (Å²) in [5.41, 5.74) is 7.34. The lowest BCUT2D eigenvalue weighted by atomic mass is 9.72. The quantitative estimate of drug-likeness (QED) is 0.541. The monoisotopic (exact) mass is 316 g/mol. The number of rotatable bonds is 0. The zero-order chi connectivity index (χ0) is 14.8. The molecule has 0 N–H and O–H groups in total. The van der Waals surface area contributed by atoms with E-state index in [0.29, 0.717) is 0 Å². The summed E-state index contributed by atoms with van der Waals surface area (Å²) in [7, 11) is 0. The third kappa shape index (κ3) is 1.69. The Morgan fingerprint density at radius 2 is 1.14 bits per heavy atom. The van der Waals surface area contributed by atoms with Crippen LogP contribution in [0.15, 0.2) is 36.4 Å². The van der Waals surface area contributed by atoms with Crippen LogP contribution in [0.25, 0.3) is 0 Å². The molecule has 0 saturated heterocycles. The highest BCUT2D eigenvalue weighted by Gasteiger charge is 2.51. The first-order valence-electron chi connectivity index (χ1n) is 7.56. The van der Waals surface area contributed by atoms with Crippen molar-refractivity contribution in [3.8, 4) is 0 Å². The molecule has 2 aromatic carbocycles. The fourth-order valence-electron chi connectivity index (χ4n) is 4.07. The molecule has 21 heavy (non-hydrogen) atoms. The Morgan fingerprint density at radius 1 is 0.714 bits per heavy atom. The second-order valence-corrected chi connectivity index (χ2v) is 7.84. The van der Waals surface area contributed by atoms with E-state index < -0.39 is 9.75 Å². The van der Waals surface area contributed by atoms with Gasteiger partial charge >= 0.3 is 0 Å². The van der Waals surface area contributed by atoms with Gasteiger partial charge in [-0.25, -0.2) is 0 Å². The smallest absolute Gasteiger partial charge is 0.0951 e. The van der Waals surface area contributed by atoms with E-state index in [1.165, 1.54) is 33.4 Å². The van der Waals surface area contributed by atoms with Crippen molar-refractivity contribution in [2.24, 2.45) is 0 Å². The Balaban J connectivity index is 2.14. The second kappa shape index (κ2) is 4.27. The molecule has 2 heteroatoms. The first kappa shape index (κ1) is 13.7. The maximum absolute atomic E-state index is 7.19. The Morgan fingerprint density at radius 3 is 1.57 bits per heavy atom. The second-order valence-electron chi connectivity index (χ2n) is 6.55. The van der Waals surface area contributed by atoms with Crippen LogP contribution in [-0.2, 0) is 9.75 Å². The van der Waals surface area contributed by atoms with Crippen LogP contribution < -0.4 is 0 Å². The van der Waals surface area contributed by atoms with E-state index in [9.17, 15) is 0 Å². The van der Waals surface area contributed by atoms with Crippen LogP contribution in [0.3, 0.4) is 0 Å². The van der Waals surface area contributed by atoms with E-state index in [0.717, 1.165) is 19.3 Å². The average molecular weight is 317 g/mol. The maximum Gasteiger partial charge on any atom is 0.0951 e. The molecule has 3 aliphatic carbocycles. The molecule has 2 aromatic rings. The fraction of sp³-hybridized carbons (Fsp3) is 0.368. The highest BCUT2D eigenvalue weighted by molar-refractivity contribution is 6.30. The summed E-state index contributed by atoms with van der Waals surface area (Å²) in [5, 5.41) is 0. The molecule has 0 aromatic heterocycles. The van der Waals surface area contributed by atoms with Gasteiger partial charge in [0.2, 0.25) is 0 Å². The predicted octanol–water partition coefficient (Wildman–Crippen LogP) is 5.77. The van der Waals surface area contributed by atoms with Crippen LogP contribution in [0.2, 0.25) is 0 Å². The first-order chi connectivity index (χ1) is 9.95. The van der Waals surface area contributed by atoms with E-state index in [1.807, 2.05) is 0 Å². The third-order valence-electron chi connectivity index (χ3n) is 5.10. The molecule has 0 heterocycles. The van der Waals surface area contributed by atoms with Crippen molar-refractivity contribution in [2.75, 3.05) is 0 Å². The van der Waals surface area contributed by atoms with Crippen molar-refractivity contribution in [1.82, 2.24) is 0 Å². The number of hydrogen-bond acceptors (Lipinski definition) is 0. The number of benzene rings is 2. The third-order valence-corrected chi connectivity index (χ3v) is 6.29. The van der Waals surface area contributed by atoms with Crippen LogP contribution >= 0.6 is 23.2 Å². The minimum atomic E-state index is -0.417. The molecule has 0 fully saturated rings. The van der Waals surface area contributed by atoms with Crippen LogP contribution in [0.1, 0.15) is 52.6 Å². The molecule has 0 nitrogen and oxygen atoms in total. The van der Waals surface area contributed by atoms with Crippen molar-refractivity contribution < 1.29 is 0 Å². The van der Waals surface area contributed by atoms with Crippen LogP contribution in [0.4, 0.5) is 0 Å². The van der Waals surface area contributed by atoms with Crippen molar-refractivity contribution in [3.05, 3.63) is 69.8 Å². The SMILES string of the molecule is Cc1ccc2c(c1)C1(Cl)CCCC2(Cl)c2cc(C)ccc21. The molecule has 0 radical (unpaired) electrons. The Hall–Kier alpha value is -0.980. The lowest BCUT2D eigenvalue weighted by Gasteiger charge is -2.41. The minimum Gasteiger partial charge on any atom is -0.109 e. The number of fused-ring (bicyclic) bond motifs is 2. The fourth-order valence-corrected chi connectivity index (χ4v) is 4.98. The van der Waals surface area contributed by atoms with E-state index >= 15 is 0 Å². The number of hydrogen-bond donors (Lipinski definition) is 0. The molecule has 108 valence electrons. The molecule has 2 unspecified atom stereocenters. The van der Waals surface area contributed by atoms with Crippen LogP contribution in [-0.4, -0.2) is 0 Å². The number of alkyl halides is 2. The highest BCUT2D eigenvalue weighted by atomic mass is 35.5. The summed E-state index contributed by atoms with van der Waals surface area (Å²) in [4.78, 5) is -0.835. The Labute approximate surface area is 136 Å². The average Bonchev–Trinajstić information content (AvgIpc) is 2.63. The maximum atomic E-state index is 7.19. The first-order valence-corrected chi connectivity index (χ1v) is 8.32. The summed E-state index contributed by atoms with van der Waals surface area (Å²) in [6.45, 7) is 4.24. The van der Waals surface area contributed by atoms with Gasteiger partial charge < -0.3 is 0 Å². The van der Waals surface area contributed by atoms with Gasteiger partial charge in [0.25, 0.3) is 0 Å². The van der Waals surface area contributed by atoms with Gasteiger partial charge in [-0.15, -0.1) is 23.2 Å². The largest absolute Gasteiger partial charge is 0.109 e. The predicted molar refractivity (Wildman–Crippen MR) is 89.5 cm³/mol. The molecule has 0 aliphatic heterocycles. The van der Waals surface area contributed by atoms with Gasteiger partial charge in [0.05, 0.1) is 9.75 Å². The minimum absolute atomic E-state index is 0.417. The van der Waals surface area contributed by atoms with Gasteiger partial charge in [-0.3, -0.25) is 0 Å². The lowest BCUT2D eigenvalue weighted by molar-refractivity contribution is 0.611. The molecule has 0 saturated carbocycles. The summed E-state index contributed by atoms with van der Waals surface area (Å²) in [6, 6.07) is 13.1. The normalized spacial score (nSPS) is 29.7. The number of aryl methyl sites for hydroxylation is 2. The van der Waals surface area contributed by atoms with Crippen LogP contribution in [0, 0.1) is 13.8 Å². The number of halogens is 2. The lowest BCUT2D eigenvalue weighted by Crippen LogP contribution is -2.33. The standard InChI is InChI=1S/C19H18Cl2/c1-12-4-6-14-16(10-12)18(20)8-3-9-19(14,21)17-11-13(2)5-7-15(17)18/h4-7,10-11H,3,8-9H2,1-2H3. The molecule has 5 rings (SSSR count). The summed E-state index contributed by atoms with van der Waals surface area (Å²) < 4.78 is 0. The van der Waals surface area contributed by atoms with E-state index in [-0.39, 0.29) is 0 Å². The van der Waals surface area contributed by atoms with E-state index in [1.54, 1.807) is 0 Å². The van der Waals surface area contributed by atoms with Crippen molar-refractivity contribution in [2.45, 2.75) is 42.9 Å². The van der Waals surface area contributed by atoms with Gasteiger partial charge in [-0.05, 0) is 55.4 Å². The van der Waals surface area contributed by atoms with Crippen molar-refractivity contribution in [3.63, 3.8) is 0 Å². The molecular formula is C19H18Cl2. The molecule has 3 aliphatic rings. The molecular weight excluding hydrogens is 299 g/mol. The summed E-state index contributed by atoms with van der Waals surface area (Å²) in [6.07, 6.45) is 2.96. The van der Waals surface area contributed by atoms with E-state index in [2.05, 4.69) is 50.2 Å². The summed E-state index contributed by atoms with van der Waals surface area (Å²) in [5.74, 6) is 0. The molecule has 2 bridgehead atoms. The van der Waals surface area contributed by atoms with Gasteiger partial charge in [-0.2, -0.15) is 0 Å².